The molecule has 594 valence electrons. The molecule has 0 heterocycles. The molecular weight excluding hydrogens is 1350 g/mol. The van der Waals surface area contributed by atoms with Crippen molar-refractivity contribution in [2.45, 2.75) is 329 Å². The molecule has 17 nitrogen and oxygen atoms in total. The molecule has 3 N–H and O–H groups in total. The summed E-state index contributed by atoms with van der Waals surface area (Å²) in [5.74, 6) is -2.28. The number of hydrogen-bond acceptors (Lipinski definition) is 15. The van der Waals surface area contributed by atoms with Gasteiger partial charge in [0.2, 0.25) is 0 Å². The zero-order valence-electron chi connectivity index (χ0n) is 64.9. The predicted octanol–water partition coefficient (Wildman–Crippen LogP) is 23.4. The number of aliphatic hydroxyl groups is 1. The number of carbonyl (C=O) groups excluding carboxylic acids is 4. The van der Waals surface area contributed by atoms with Gasteiger partial charge in [0, 0.05) is 25.7 Å². The van der Waals surface area contributed by atoms with Gasteiger partial charge in [0.15, 0.2) is 12.2 Å². The second-order valence-electron chi connectivity index (χ2n) is 26.2. The zero-order valence-corrected chi connectivity index (χ0v) is 66.7. The van der Waals surface area contributed by atoms with Gasteiger partial charge < -0.3 is 33.8 Å². The number of rotatable bonds is 74. The first-order valence-electron chi connectivity index (χ1n) is 40.1. The number of aliphatic hydroxyl groups excluding tert-OH is 1. The lowest BCUT2D eigenvalue weighted by Crippen LogP contribution is -2.30. The van der Waals surface area contributed by atoms with Crippen molar-refractivity contribution in [1.29, 1.82) is 0 Å². The van der Waals surface area contributed by atoms with E-state index in [4.69, 9.17) is 37.0 Å². The quantitative estimate of drug-likeness (QED) is 0.0169. The van der Waals surface area contributed by atoms with Crippen molar-refractivity contribution in [3.8, 4) is 0 Å². The third-order valence-electron chi connectivity index (χ3n) is 16.3. The van der Waals surface area contributed by atoms with E-state index in [1.54, 1.807) is 0 Å². The topological polar surface area (TPSA) is 237 Å². The largest absolute Gasteiger partial charge is 0.472 e. The highest BCUT2D eigenvalue weighted by Gasteiger charge is 2.30. The van der Waals surface area contributed by atoms with Crippen LogP contribution in [0.1, 0.15) is 310 Å². The number of unbranched alkanes of at least 4 members (excludes halogenated alkanes) is 24. The highest BCUT2D eigenvalue weighted by atomic mass is 31.2. The van der Waals surface area contributed by atoms with Crippen molar-refractivity contribution < 1.29 is 80.2 Å². The smallest absolute Gasteiger partial charge is 0.462 e. The minimum atomic E-state index is -5.00. The molecule has 0 aromatic carbocycles. The van der Waals surface area contributed by atoms with E-state index < -0.39 is 97.5 Å². The Kier molecular flexibility index (Phi) is 72.4. The van der Waals surface area contributed by atoms with Gasteiger partial charge >= 0.3 is 39.5 Å². The van der Waals surface area contributed by atoms with Gasteiger partial charge in [0.25, 0.3) is 0 Å². The van der Waals surface area contributed by atoms with E-state index in [0.29, 0.717) is 32.1 Å². The van der Waals surface area contributed by atoms with E-state index >= 15 is 0 Å². The molecule has 0 rings (SSSR count). The summed E-state index contributed by atoms with van der Waals surface area (Å²) in [6, 6.07) is 0. The molecule has 0 aliphatic rings. The Morgan fingerprint density at radius 1 is 0.279 bits per heavy atom. The average molecular weight is 1500 g/mol. The van der Waals surface area contributed by atoms with E-state index in [9.17, 15) is 43.2 Å². The number of ether oxygens (including phenoxy) is 4. The minimum absolute atomic E-state index is 0.0669. The maximum atomic E-state index is 13.1. The Morgan fingerprint density at radius 3 is 0.817 bits per heavy atom. The molecule has 0 fully saturated rings. The van der Waals surface area contributed by atoms with Crippen molar-refractivity contribution in [3.05, 3.63) is 146 Å². The Hall–Kier alpha value is -5.06. The summed E-state index contributed by atoms with van der Waals surface area (Å²) in [5.41, 5.74) is 0. The fourth-order valence-corrected chi connectivity index (χ4v) is 11.9. The molecule has 0 aromatic rings. The van der Waals surface area contributed by atoms with E-state index in [-0.39, 0.29) is 25.7 Å². The lowest BCUT2D eigenvalue weighted by atomic mass is 10.1. The van der Waals surface area contributed by atoms with Gasteiger partial charge in [-0.05, 0) is 154 Å². The Bertz CT molecular complexity index is 2540. The van der Waals surface area contributed by atoms with Crippen molar-refractivity contribution >= 4 is 39.5 Å². The first-order chi connectivity index (χ1) is 50.7. The van der Waals surface area contributed by atoms with Crippen LogP contribution in [0.5, 0.6) is 0 Å². The van der Waals surface area contributed by atoms with Crippen LogP contribution in [0.4, 0.5) is 0 Å². The van der Waals surface area contributed by atoms with E-state index in [2.05, 4.69) is 161 Å². The fraction of sp³-hybridized carbons (Fsp3) is 0.671. The van der Waals surface area contributed by atoms with Crippen LogP contribution in [0.3, 0.4) is 0 Å². The highest BCUT2D eigenvalue weighted by Crippen LogP contribution is 2.45. The number of phosphoric ester groups is 2. The van der Waals surface area contributed by atoms with Gasteiger partial charge in [-0.25, -0.2) is 9.13 Å². The molecular formula is C85H142O17P2. The third kappa shape index (κ3) is 75.2. The van der Waals surface area contributed by atoms with Gasteiger partial charge in [0.1, 0.15) is 19.3 Å². The second-order valence-corrected chi connectivity index (χ2v) is 29.1. The van der Waals surface area contributed by atoms with E-state index in [1.807, 2.05) is 12.2 Å². The SMILES string of the molecule is CC/C=C\C/C=C\C/C=C\C/C=C\C/C=C\CCCC(=O)OCC(COP(=O)(O)OCC(O)COP(=O)(O)OCC(COC(=O)CCCCCCC/C=C\C/C=C\C/C=C\CC)OC(=O)CCCCCCC/C=C\CCCCCCCC)OC(=O)CCCCCCCCC/C=C\C/C=C\C/C=C\CC. The maximum Gasteiger partial charge on any atom is 0.472 e. The summed E-state index contributed by atoms with van der Waals surface area (Å²) in [5, 5.41) is 10.6. The summed E-state index contributed by atoms with van der Waals surface area (Å²) < 4.78 is 68.6. The molecule has 0 amide bonds. The van der Waals surface area contributed by atoms with Crippen LogP contribution in [0.15, 0.2) is 146 Å². The number of allylic oxidation sites excluding steroid dienone is 24. The first-order valence-corrected chi connectivity index (χ1v) is 43.1. The molecule has 0 aromatic heterocycles. The molecule has 0 aliphatic heterocycles. The second kappa shape index (κ2) is 76.1. The summed E-state index contributed by atoms with van der Waals surface area (Å²) in [6.45, 7) is 4.44. The normalized spacial score (nSPS) is 14.6. The van der Waals surface area contributed by atoms with Crippen LogP contribution < -0.4 is 0 Å². The van der Waals surface area contributed by atoms with Gasteiger partial charge in [-0.1, -0.05) is 276 Å². The van der Waals surface area contributed by atoms with Crippen LogP contribution in [0.2, 0.25) is 0 Å². The molecule has 0 spiro atoms. The van der Waals surface area contributed by atoms with Crippen molar-refractivity contribution in [2.75, 3.05) is 39.6 Å². The highest BCUT2D eigenvalue weighted by molar-refractivity contribution is 7.47. The Balaban J connectivity index is 5.45. The molecule has 0 radical (unpaired) electrons. The van der Waals surface area contributed by atoms with Crippen LogP contribution in [-0.4, -0.2) is 96.7 Å². The standard InChI is InChI=1S/C85H142O17P2/c1-5-9-13-17-21-25-29-33-37-39-43-46-50-54-58-62-66-70-83(88)96-76-81(102-85(90)72-68-64-60-56-52-48-44-40-38-34-30-26-22-18-14-10-6-2)78-100-104(93,94)98-74-79(86)73-97-103(91,92)99-77-80(101-84(89)71-67-63-59-55-51-47-42-36-32-28-24-20-16-12-8-4)75-95-82(87)69-65-61-57-53-49-45-41-35-31-27-23-19-15-11-7-3/h9-11,13-15,21-23,25-27,33-38,41-43,46,54,58,79-81,86H,5-8,12,16-20,24,28-32,39-40,44-45,47-53,55-57,59-78H2,1-4H3,(H,91,92)(H,93,94)/b13-9-,14-10-,15-11-,25-21-,26-22-,27-23-,37-33-,38-34-,41-35-,42-36-,46-43-,58-54-. The minimum Gasteiger partial charge on any atom is -0.462 e. The van der Waals surface area contributed by atoms with Gasteiger partial charge in [-0.3, -0.25) is 37.3 Å². The number of esters is 4. The molecule has 0 bridgehead atoms. The molecule has 0 saturated heterocycles. The van der Waals surface area contributed by atoms with Crippen molar-refractivity contribution in [1.82, 2.24) is 0 Å². The van der Waals surface area contributed by atoms with Gasteiger partial charge in [-0.15, -0.1) is 0 Å². The van der Waals surface area contributed by atoms with E-state index in [1.165, 1.54) is 38.5 Å². The number of phosphoric acid groups is 2. The summed E-state index contributed by atoms with van der Waals surface area (Å²) in [4.78, 5) is 73.0. The monoisotopic (exact) mass is 1500 g/mol. The third-order valence-corrected chi connectivity index (χ3v) is 18.2. The first kappa shape index (κ1) is 98.9. The fourth-order valence-electron chi connectivity index (χ4n) is 10.3. The zero-order chi connectivity index (χ0) is 76.0. The predicted molar refractivity (Wildman–Crippen MR) is 427 cm³/mol. The summed E-state index contributed by atoms with van der Waals surface area (Å²) >= 11 is 0. The van der Waals surface area contributed by atoms with Crippen molar-refractivity contribution in [2.24, 2.45) is 0 Å². The van der Waals surface area contributed by atoms with Crippen molar-refractivity contribution in [3.63, 3.8) is 0 Å². The lowest BCUT2D eigenvalue weighted by molar-refractivity contribution is -0.161. The van der Waals surface area contributed by atoms with Gasteiger partial charge in [0.05, 0.1) is 26.4 Å². The van der Waals surface area contributed by atoms with Crippen LogP contribution >= 0.6 is 15.6 Å². The Labute approximate surface area is 630 Å². The molecule has 5 atom stereocenters. The van der Waals surface area contributed by atoms with Crippen LogP contribution in [-0.2, 0) is 65.4 Å². The molecule has 19 heteroatoms. The van der Waals surface area contributed by atoms with Crippen LogP contribution in [0, 0.1) is 0 Å². The van der Waals surface area contributed by atoms with Gasteiger partial charge in [-0.2, -0.15) is 0 Å². The molecule has 5 unspecified atom stereocenters. The Morgan fingerprint density at radius 2 is 0.510 bits per heavy atom. The number of carbonyl (C=O) groups is 4. The van der Waals surface area contributed by atoms with Crippen LogP contribution in [0.25, 0.3) is 0 Å². The molecule has 104 heavy (non-hydrogen) atoms. The number of hydrogen-bond donors (Lipinski definition) is 3. The summed E-state index contributed by atoms with van der Waals surface area (Å²) in [7, 11) is -9.99. The molecule has 0 saturated carbocycles. The summed E-state index contributed by atoms with van der Waals surface area (Å²) in [6.07, 6.45) is 86.9. The van der Waals surface area contributed by atoms with E-state index in [0.717, 1.165) is 186 Å². The maximum absolute atomic E-state index is 13.1. The molecule has 0 aliphatic carbocycles. The average Bonchev–Trinajstić information content (AvgIpc) is 0.926. The lowest BCUT2D eigenvalue weighted by Gasteiger charge is -2.21.